The molecule has 9 heteroatoms. The van der Waals surface area contributed by atoms with Gasteiger partial charge in [-0.15, -0.1) is 11.8 Å². The van der Waals surface area contributed by atoms with Crippen LogP contribution in [0.5, 0.6) is 0 Å². The molecule has 0 aromatic heterocycles. The Balaban J connectivity index is 1.61. The van der Waals surface area contributed by atoms with Gasteiger partial charge < -0.3 is 5.32 Å². The molecule has 1 heterocycles. The number of amides is 3. The van der Waals surface area contributed by atoms with E-state index in [1.807, 2.05) is 0 Å². The van der Waals surface area contributed by atoms with E-state index in [0.717, 1.165) is 16.7 Å². The summed E-state index contributed by atoms with van der Waals surface area (Å²) < 4.78 is 12.9. The third-order valence-electron chi connectivity index (χ3n) is 3.75. The molecule has 0 spiro atoms. The predicted octanol–water partition coefficient (Wildman–Crippen LogP) is 4.14. The molecular weight excluding hydrogens is 414 g/mol. The van der Waals surface area contributed by atoms with Crippen molar-refractivity contribution in [3.8, 4) is 0 Å². The Kier molecular flexibility index (Phi) is 6.04. The van der Waals surface area contributed by atoms with Crippen molar-refractivity contribution >= 4 is 64.1 Å². The normalized spacial score (nSPS) is 16.7. The molecule has 2 aromatic rings. The highest BCUT2D eigenvalue weighted by molar-refractivity contribution is 8.01. The number of hydrogen-bond acceptors (Lipinski definition) is 4. The van der Waals surface area contributed by atoms with Crippen LogP contribution >= 0.6 is 35.0 Å². The second-order valence-electron chi connectivity index (χ2n) is 5.75. The molecule has 27 heavy (non-hydrogen) atoms. The van der Waals surface area contributed by atoms with Gasteiger partial charge in [-0.25, -0.2) is 9.29 Å². The van der Waals surface area contributed by atoms with Crippen LogP contribution in [0.15, 0.2) is 42.5 Å². The van der Waals surface area contributed by atoms with Crippen molar-refractivity contribution < 1.29 is 18.8 Å². The number of nitrogens with one attached hydrogen (secondary N) is 1. The predicted molar refractivity (Wildman–Crippen MR) is 105 cm³/mol. The summed E-state index contributed by atoms with van der Waals surface area (Å²) in [6.07, 6.45) is -0.0164. The topological polar surface area (TPSA) is 66.5 Å². The number of carbonyl (C=O) groups excluding carboxylic acids is 3. The van der Waals surface area contributed by atoms with Crippen LogP contribution < -0.4 is 10.2 Å². The summed E-state index contributed by atoms with van der Waals surface area (Å²) in [5.74, 6) is -1.58. The molecule has 1 atom stereocenters. The zero-order chi connectivity index (χ0) is 19.6. The van der Waals surface area contributed by atoms with E-state index in [1.165, 1.54) is 42.5 Å². The van der Waals surface area contributed by atoms with E-state index in [0.29, 0.717) is 21.4 Å². The summed E-state index contributed by atoms with van der Waals surface area (Å²) in [6.45, 7) is 0. The Bertz CT molecular complexity index is 888. The molecule has 2 aromatic carbocycles. The fourth-order valence-corrected chi connectivity index (χ4v) is 4.03. The van der Waals surface area contributed by atoms with Crippen molar-refractivity contribution in [3.05, 3.63) is 58.3 Å². The van der Waals surface area contributed by atoms with Gasteiger partial charge in [0.05, 0.1) is 16.7 Å². The van der Waals surface area contributed by atoms with E-state index in [1.54, 1.807) is 0 Å². The second kappa shape index (κ2) is 8.29. The van der Waals surface area contributed by atoms with E-state index in [2.05, 4.69) is 5.32 Å². The fourth-order valence-electron chi connectivity index (χ4n) is 2.58. The van der Waals surface area contributed by atoms with Crippen molar-refractivity contribution in [1.82, 2.24) is 0 Å². The van der Waals surface area contributed by atoms with Crippen LogP contribution in [0, 0.1) is 5.82 Å². The van der Waals surface area contributed by atoms with E-state index in [-0.39, 0.29) is 24.0 Å². The Morgan fingerprint density at radius 2 is 1.78 bits per heavy atom. The summed E-state index contributed by atoms with van der Waals surface area (Å²) in [5.41, 5.74) is 0.757. The minimum atomic E-state index is -0.672. The zero-order valence-electron chi connectivity index (χ0n) is 13.7. The SMILES string of the molecule is O=C(CSC1CC(=O)N(c2cc(Cl)cc(Cl)c2)C1=O)Nc1ccc(F)cc1. The number of thioether (sulfide) groups is 1. The number of nitrogens with zero attached hydrogens (tertiary/aromatic N) is 1. The molecular formula is C18H13Cl2FN2O3S. The zero-order valence-corrected chi connectivity index (χ0v) is 16.1. The standard InChI is InChI=1S/C18H13Cl2FN2O3S/c19-10-5-11(20)7-14(6-10)23-17(25)8-15(18(23)26)27-9-16(24)22-13-3-1-12(21)2-4-13/h1-7,15H,8-9H2,(H,22,24). The molecule has 0 radical (unpaired) electrons. The van der Waals surface area contributed by atoms with E-state index in [4.69, 9.17) is 23.2 Å². The van der Waals surface area contributed by atoms with Gasteiger partial charge in [-0.2, -0.15) is 0 Å². The molecule has 1 saturated heterocycles. The molecule has 0 aliphatic carbocycles. The van der Waals surface area contributed by atoms with Gasteiger partial charge in [0.25, 0.3) is 0 Å². The lowest BCUT2D eigenvalue weighted by Gasteiger charge is -2.15. The maximum Gasteiger partial charge on any atom is 0.247 e. The van der Waals surface area contributed by atoms with Crippen LogP contribution in [0.3, 0.4) is 0 Å². The monoisotopic (exact) mass is 426 g/mol. The third-order valence-corrected chi connectivity index (χ3v) is 5.39. The van der Waals surface area contributed by atoms with E-state index >= 15 is 0 Å². The first kappa shape index (κ1) is 19.7. The first-order valence-corrected chi connectivity index (χ1v) is 9.64. The van der Waals surface area contributed by atoms with Gasteiger partial charge in [-0.05, 0) is 42.5 Å². The van der Waals surface area contributed by atoms with Crippen molar-refractivity contribution in [2.24, 2.45) is 0 Å². The van der Waals surface area contributed by atoms with Crippen LogP contribution in [0.4, 0.5) is 15.8 Å². The van der Waals surface area contributed by atoms with Crippen molar-refractivity contribution in [1.29, 1.82) is 0 Å². The van der Waals surface area contributed by atoms with Crippen LogP contribution in [-0.4, -0.2) is 28.7 Å². The van der Waals surface area contributed by atoms with Gasteiger partial charge in [0.1, 0.15) is 5.82 Å². The molecule has 1 fully saturated rings. The number of benzene rings is 2. The van der Waals surface area contributed by atoms with Gasteiger partial charge in [0, 0.05) is 22.2 Å². The van der Waals surface area contributed by atoms with Crippen molar-refractivity contribution in [2.75, 3.05) is 16.0 Å². The van der Waals surface area contributed by atoms with E-state index in [9.17, 15) is 18.8 Å². The van der Waals surface area contributed by atoms with Crippen LogP contribution in [0.2, 0.25) is 10.0 Å². The van der Waals surface area contributed by atoms with Gasteiger partial charge in [-0.1, -0.05) is 23.2 Å². The lowest BCUT2D eigenvalue weighted by Crippen LogP contribution is -2.31. The molecule has 0 saturated carbocycles. The lowest BCUT2D eigenvalue weighted by molar-refractivity contribution is -0.121. The Hall–Kier alpha value is -2.09. The summed E-state index contributed by atoms with van der Waals surface area (Å²) in [6, 6.07) is 9.81. The largest absolute Gasteiger partial charge is 0.325 e. The van der Waals surface area contributed by atoms with Gasteiger partial charge in [0.15, 0.2) is 0 Å². The van der Waals surface area contributed by atoms with Crippen LogP contribution in [0.1, 0.15) is 6.42 Å². The highest BCUT2D eigenvalue weighted by Crippen LogP contribution is 2.32. The molecule has 140 valence electrons. The quantitative estimate of drug-likeness (QED) is 0.729. The Morgan fingerprint density at radius 1 is 1.15 bits per heavy atom. The number of rotatable bonds is 5. The minimum Gasteiger partial charge on any atom is -0.325 e. The average Bonchev–Trinajstić information content (AvgIpc) is 2.88. The maximum absolute atomic E-state index is 12.9. The number of imide groups is 1. The minimum absolute atomic E-state index is 0.0164. The molecule has 3 rings (SSSR count). The molecule has 3 amide bonds. The molecule has 0 bridgehead atoms. The molecule has 5 nitrogen and oxygen atoms in total. The Labute approximate surface area is 168 Å². The summed E-state index contributed by atoms with van der Waals surface area (Å²) in [7, 11) is 0. The summed E-state index contributed by atoms with van der Waals surface area (Å²) in [4.78, 5) is 37.9. The highest BCUT2D eigenvalue weighted by atomic mass is 35.5. The molecule has 1 N–H and O–H groups in total. The second-order valence-corrected chi connectivity index (χ2v) is 7.82. The number of hydrogen-bond donors (Lipinski definition) is 1. The molecule has 1 unspecified atom stereocenters. The van der Waals surface area contributed by atoms with Crippen LogP contribution in [-0.2, 0) is 14.4 Å². The number of carbonyl (C=O) groups is 3. The van der Waals surface area contributed by atoms with Crippen LogP contribution in [0.25, 0.3) is 0 Å². The maximum atomic E-state index is 12.9. The van der Waals surface area contributed by atoms with Gasteiger partial charge >= 0.3 is 0 Å². The first-order valence-electron chi connectivity index (χ1n) is 7.83. The summed E-state index contributed by atoms with van der Waals surface area (Å²) >= 11 is 12.9. The summed E-state index contributed by atoms with van der Waals surface area (Å²) in [5, 5.41) is 2.56. The first-order chi connectivity index (χ1) is 12.8. The number of anilines is 2. The van der Waals surface area contributed by atoms with Crippen molar-refractivity contribution in [2.45, 2.75) is 11.7 Å². The molecule has 1 aliphatic heterocycles. The van der Waals surface area contributed by atoms with Gasteiger partial charge in [-0.3, -0.25) is 14.4 Å². The van der Waals surface area contributed by atoms with Gasteiger partial charge in [0.2, 0.25) is 17.7 Å². The lowest BCUT2D eigenvalue weighted by atomic mass is 10.3. The molecule has 1 aliphatic rings. The van der Waals surface area contributed by atoms with E-state index < -0.39 is 17.0 Å². The Morgan fingerprint density at radius 3 is 2.41 bits per heavy atom. The number of halogens is 3. The fraction of sp³-hybridized carbons (Fsp3) is 0.167. The van der Waals surface area contributed by atoms with Crippen molar-refractivity contribution in [3.63, 3.8) is 0 Å². The smallest absolute Gasteiger partial charge is 0.247 e. The average molecular weight is 427 g/mol. The third kappa shape index (κ3) is 4.80. The highest BCUT2D eigenvalue weighted by Gasteiger charge is 2.40.